The summed E-state index contributed by atoms with van der Waals surface area (Å²) < 4.78 is 0. The fourth-order valence-corrected chi connectivity index (χ4v) is 1.70. The molecule has 0 saturated heterocycles. The molecule has 1 aromatic heterocycles. The molecule has 13 heavy (non-hydrogen) atoms. The Bertz CT molecular complexity index is 420. The number of benzene rings is 1. The number of nitrogens with one attached hydrogen (secondary N) is 1. The first-order chi connectivity index (χ1) is 6.43. The van der Waals surface area contributed by atoms with E-state index < -0.39 is 0 Å². The lowest BCUT2D eigenvalue weighted by Gasteiger charge is -2.00. The predicted molar refractivity (Wildman–Crippen MR) is 52.0 cm³/mol. The third-order valence-corrected chi connectivity index (χ3v) is 2.36. The lowest BCUT2D eigenvalue weighted by Crippen LogP contribution is -1.98. The molecule has 2 aromatic rings. The van der Waals surface area contributed by atoms with Crippen molar-refractivity contribution in [3.8, 4) is 0 Å². The molecule has 0 atom stereocenters. The van der Waals surface area contributed by atoms with Crippen molar-refractivity contribution in [2.45, 2.75) is 6.54 Å². The molecule has 2 heterocycles. The SMILES string of the molecule is [CH]1NCc2nc3ccccc3cc21. The molecule has 2 nitrogen and oxygen atoms in total. The first kappa shape index (κ1) is 7.04. The molecular formula is C11H9N2. The van der Waals surface area contributed by atoms with Crippen LogP contribution in [0.3, 0.4) is 0 Å². The average Bonchev–Trinajstić information content (AvgIpc) is 2.61. The van der Waals surface area contributed by atoms with Crippen LogP contribution in [0.1, 0.15) is 11.3 Å². The number of fused-ring (bicyclic) bond motifs is 2. The number of aromatic nitrogens is 1. The van der Waals surface area contributed by atoms with E-state index in [0.29, 0.717) is 0 Å². The Morgan fingerprint density at radius 3 is 3.15 bits per heavy atom. The Morgan fingerprint density at radius 2 is 2.15 bits per heavy atom. The van der Waals surface area contributed by atoms with Crippen LogP contribution in [0.4, 0.5) is 0 Å². The average molecular weight is 169 g/mol. The quantitative estimate of drug-likeness (QED) is 0.651. The van der Waals surface area contributed by atoms with E-state index in [2.05, 4.69) is 22.4 Å². The molecule has 3 rings (SSSR count). The third-order valence-electron chi connectivity index (χ3n) is 2.36. The van der Waals surface area contributed by atoms with Crippen LogP contribution < -0.4 is 5.32 Å². The summed E-state index contributed by atoms with van der Waals surface area (Å²) in [6, 6.07) is 10.4. The van der Waals surface area contributed by atoms with Crippen molar-refractivity contribution in [3.63, 3.8) is 0 Å². The van der Waals surface area contributed by atoms with Gasteiger partial charge in [-0.2, -0.15) is 0 Å². The minimum Gasteiger partial charge on any atom is -0.303 e. The van der Waals surface area contributed by atoms with Gasteiger partial charge in [-0.3, -0.25) is 4.98 Å². The molecule has 0 unspecified atom stereocenters. The maximum absolute atomic E-state index is 4.56. The van der Waals surface area contributed by atoms with E-state index in [1.807, 2.05) is 24.7 Å². The van der Waals surface area contributed by atoms with Gasteiger partial charge in [-0.15, -0.1) is 0 Å². The number of hydrogen-bond acceptors (Lipinski definition) is 2. The molecule has 1 aliphatic rings. The molecule has 0 fully saturated rings. The van der Waals surface area contributed by atoms with Gasteiger partial charge in [0.05, 0.1) is 17.8 Å². The zero-order valence-corrected chi connectivity index (χ0v) is 7.12. The third kappa shape index (κ3) is 1.03. The largest absolute Gasteiger partial charge is 0.303 e. The highest BCUT2D eigenvalue weighted by atomic mass is 14.9. The van der Waals surface area contributed by atoms with Crippen LogP contribution in [0, 0.1) is 6.54 Å². The highest BCUT2D eigenvalue weighted by Gasteiger charge is 2.12. The summed E-state index contributed by atoms with van der Waals surface area (Å²) in [5, 5.41) is 4.38. The number of hydrogen-bond donors (Lipinski definition) is 1. The van der Waals surface area contributed by atoms with Gasteiger partial charge in [0.15, 0.2) is 0 Å². The second-order valence-corrected chi connectivity index (χ2v) is 3.24. The van der Waals surface area contributed by atoms with E-state index >= 15 is 0 Å². The van der Waals surface area contributed by atoms with Crippen molar-refractivity contribution in [1.82, 2.24) is 10.3 Å². The Kier molecular flexibility index (Phi) is 1.37. The van der Waals surface area contributed by atoms with Gasteiger partial charge in [0.2, 0.25) is 0 Å². The van der Waals surface area contributed by atoms with Crippen LogP contribution in [-0.2, 0) is 6.54 Å². The molecular weight excluding hydrogens is 160 g/mol. The number of rotatable bonds is 0. The second-order valence-electron chi connectivity index (χ2n) is 3.24. The van der Waals surface area contributed by atoms with Crippen molar-refractivity contribution < 1.29 is 0 Å². The van der Waals surface area contributed by atoms with Crippen molar-refractivity contribution in [1.29, 1.82) is 0 Å². The van der Waals surface area contributed by atoms with Gasteiger partial charge in [-0.25, -0.2) is 0 Å². The Morgan fingerprint density at radius 1 is 1.23 bits per heavy atom. The Balaban J connectivity index is 2.36. The normalized spacial score (nSPS) is 14.8. The second kappa shape index (κ2) is 2.54. The highest BCUT2D eigenvalue weighted by molar-refractivity contribution is 5.80. The highest BCUT2D eigenvalue weighted by Crippen LogP contribution is 2.20. The standard InChI is InChI=1S/C11H9N2/c1-2-4-10-8(3-1)5-9-6-12-7-11(9)13-10/h1-6,12H,7H2. The molecule has 1 radical (unpaired) electrons. The van der Waals surface area contributed by atoms with Crippen LogP contribution >= 0.6 is 0 Å². The maximum atomic E-state index is 4.56. The van der Waals surface area contributed by atoms with Gasteiger partial charge < -0.3 is 5.32 Å². The summed E-state index contributed by atoms with van der Waals surface area (Å²) in [7, 11) is 0. The minimum absolute atomic E-state index is 0.861. The molecule has 1 aliphatic heterocycles. The minimum atomic E-state index is 0.861. The van der Waals surface area contributed by atoms with Crippen LogP contribution in [0.5, 0.6) is 0 Å². The molecule has 2 heteroatoms. The van der Waals surface area contributed by atoms with Crippen molar-refractivity contribution >= 4 is 10.9 Å². The monoisotopic (exact) mass is 169 g/mol. The summed E-state index contributed by atoms with van der Waals surface area (Å²) >= 11 is 0. The molecule has 0 amide bonds. The van der Waals surface area contributed by atoms with Crippen molar-refractivity contribution in [3.05, 3.63) is 48.1 Å². The first-order valence-electron chi connectivity index (χ1n) is 4.39. The molecule has 1 aromatic carbocycles. The van der Waals surface area contributed by atoms with E-state index in [0.717, 1.165) is 17.8 Å². The predicted octanol–water partition coefficient (Wildman–Crippen LogP) is 1.85. The van der Waals surface area contributed by atoms with Crippen molar-refractivity contribution in [2.75, 3.05) is 0 Å². The van der Waals surface area contributed by atoms with Gasteiger partial charge in [0, 0.05) is 11.9 Å². The van der Waals surface area contributed by atoms with Gasteiger partial charge in [-0.05, 0) is 17.7 Å². The van der Waals surface area contributed by atoms with E-state index in [-0.39, 0.29) is 0 Å². The smallest absolute Gasteiger partial charge is 0.0706 e. The molecule has 0 bridgehead atoms. The Hall–Kier alpha value is -1.41. The first-order valence-corrected chi connectivity index (χ1v) is 4.39. The van der Waals surface area contributed by atoms with Gasteiger partial charge in [-0.1, -0.05) is 18.2 Å². The van der Waals surface area contributed by atoms with Crippen LogP contribution in [0.25, 0.3) is 10.9 Å². The summed E-state index contributed by atoms with van der Waals surface area (Å²) in [4.78, 5) is 4.56. The fraction of sp³-hybridized carbons (Fsp3) is 0.0909. The molecule has 63 valence electrons. The number of pyridine rings is 1. The van der Waals surface area contributed by atoms with Crippen LogP contribution in [0.2, 0.25) is 0 Å². The number of para-hydroxylation sites is 1. The maximum Gasteiger partial charge on any atom is 0.0706 e. The summed E-state index contributed by atoms with van der Waals surface area (Å²) in [6.07, 6.45) is 0. The fourth-order valence-electron chi connectivity index (χ4n) is 1.70. The topological polar surface area (TPSA) is 24.9 Å². The van der Waals surface area contributed by atoms with Crippen LogP contribution in [-0.4, -0.2) is 4.98 Å². The van der Waals surface area contributed by atoms with E-state index in [1.54, 1.807) is 0 Å². The van der Waals surface area contributed by atoms with E-state index in [9.17, 15) is 0 Å². The van der Waals surface area contributed by atoms with Gasteiger partial charge >= 0.3 is 0 Å². The van der Waals surface area contributed by atoms with Gasteiger partial charge in [0.25, 0.3) is 0 Å². The summed E-state index contributed by atoms with van der Waals surface area (Å²) in [6.45, 7) is 2.88. The molecule has 0 aliphatic carbocycles. The molecule has 1 N–H and O–H groups in total. The van der Waals surface area contributed by atoms with Crippen LogP contribution in [0.15, 0.2) is 30.3 Å². The van der Waals surface area contributed by atoms with E-state index in [4.69, 9.17) is 0 Å². The lowest BCUT2D eigenvalue weighted by molar-refractivity contribution is 0.867. The summed E-state index contributed by atoms with van der Waals surface area (Å²) in [5.41, 5.74) is 3.45. The molecule has 0 saturated carbocycles. The number of nitrogens with zero attached hydrogens (tertiary/aromatic N) is 1. The van der Waals surface area contributed by atoms with E-state index in [1.165, 1.54) is 10.9 Å². The van der Waals surface area contributed by atoms with Gasteiger partial charge in [0.1, 0.15) is 0 Å². The van der Waals surface area contributed by atoms with Crippen molar-refractivity contribution in [2.24, 2.45) is 0 Å². The lowest BCUT2D eigenvalue weighted by atomic mass is 10.1. The summed E-state index contributed by atoms with van der Waals surface area (Å²) in [5.74, 6) is 0. The molecule has 0 spiro atoms. The Labute approximate surface area is 76.6 Å². The zero-order chi connectivity index (χ0) is 8.67. The zero-order valence-electron chi connectivity index (χ0n) is 7.12.